The fourth-order valence-electron chi connectivity index (χ4n) is 2.41. The van der Waals surface area contributed by atoms with Gasteiger partial charge in [0, 0.05) is 11.6 Å². The SMILES string of the molecule is CC(C)(c1nccs1)n1c(=O)[nH]c2ccc(C(=O)O)cc21. The second-order valence-corrected chi connectivity index (χ2v) is 6.09. The molecule has 2 aromatic heterocycles. The van der Waals surface area contributed by atoms with Gasteiger partial charge in [0.1, 0.15) is 5.01 Å². The molecule has 0 aliphatic carbocycles. The number of nitrogens with zero attached hydrogens (tertiary/aromatic N) is 2. The molecule has 0 fully saturated rings. The number of thiazole rings is 1. The van der Waals surface area contributed by atoms with Gasteiger partial charge in [-0.1, -0.05) is 0 Å². The molecule has 2 N–H and O–H groups in total. The first-order chi connectivity index (χ1) is 9.91. The first kappa shape index (κ1) is 13.6. The van der Waals surface area contributed by atoms with Crippen molar-refractivity contribution in [2.24, 2.45) is 0 Å². The Morgan fingerprint density at radius 3 is 2.81 bits per heavy atom. The number of hydrogen-bond donors (Lipinski definition) is 2. The van der Waals surface area contributed by atoms with E-state index in [0.29, 0.717) is 11.0 Å². The molecule has 0 saturated carbocycles. The van der Waals surface area contributed by atoms with Crippen LogP contribution in [-0.2, 0) is 5.54 Å². The molecule has 6 nitrogen and oxygen atoms in total. The summed E-state index contributed by atoms with van der Waals surface area (Å²) in [5, 5.41) is 11.8. The summed E-state index contributed by atoms with van der Waals surface area (Å²) >= 11 is 1.45. The lowest BCUT2D eigenvalue weighted by Gasteiger charge is -2.24. The average Bonchev–Trinajstić information content (AvgIpc) is 3.04. The van der Waals surface area contributed by atoms with Gasteiger partial charge in [-0.2, -0.15) is 0 Å². The highest BCUT2D eigenvalue weighted by Gasteiger charge is 2.29. The molecule has 108 valence electrons. The quantitative estimate of drug-likeness (QED) is 0.777. The van der Waals surface area contributed by atoms with Crippen LogP contribution < -0.4 is 5.69 Å². The highest BCUT2D eigenvalue weighted by Crippen LogP contribution is 2.29. The summed E-state index contributed by atoms with van der Waals surface area (Å²) in [5.74, 6) is -1.02. The van der Waals surface area contributed by atoms with Crippen LogP contribution in [0.1, 0.15) is 29.2 Å². The summed E-state index contributed by atoms with van der Waals surface area (Å²) < 4.78 is 1.55. The van der Waals surface area contributed by atoms with Gasteiger partial charge in [-0.15, -0.1) is 11.3 Å². The minimum Gasteiger partial charge on any atom is -0.478 e. The van der Waals surface area contributed by atoms with E-state index in [-0.39, 0.29) is 11.3 Å². The predicted octanol–water partition coefficient (Wildman–Crippen LogP) is 2.27. The van der Waals surface area contributed by atoms with Crippen LogP contribution in [0.2, 0.25) is 0 Å². The van der Waals surface area contributed by atoms with E-state index in [1.54, 1.807) is 16.8 Å². The molecule has 0 amide bonds. The maximum atomic E-state index is 12.3. The molecular formula is C14H13N3O3S. The Bertz CT molecular complexity index is 875. The molecule has 0 bridgehead atoms. The van der Waals surface area contributed by atoms with Crippen LogP contribution in [0.15, 0.2) is 34.6 Å². The number of H-pyrrole nitrogens is 1. The van der Waals surface area contributed by atoms with Gasteiger partial charge in [-0.25, -0.2) is 14.6 Å². The van der Waals surface area contributed by atoms with E-state index in [0.717, 1.165) is 5.01 Å². The van der Waals surface area contributed by atoms with Crippen molar-refractivity contribution in [3.63, 3.8) is 0 Å². The van der Waals surface area contributed by atoms with E-state index in [9.17, 15) is 9.59 Å². The van der Waals surface area contributed by atoms with Crippen LogP contribution >= 0.6 is 11.3 Å². The van der Waals surface area contributed by atoms with E-state index in [2.05, 4.69) is 9.97 Å². The third-order valence-corrected chi connectivity index (χ3v) is 4.53. The van der Waals surface area contributed by atoms with Crippen molar-refractivity contribution in [2.75, 3.05) is 0 Å². The third kappa shape index (κ3) is 2.06. The summed E-state index contributed by atoms with van der Waals surface area (Å²) in [6, 6.07) is 4.58. The Morgan fingerprint density at radius 1 is 1.43 bits per heavy atom. The molecule has 3 rings (SSSR count). The maximum absolute atomic E-state index is 12.3. The molecule has 0 radical (unpaired) electrons. The molecule has 0 aliphatic heterocycles. The molecule has 7 heteroatoms. The van der Waals surface area contributed by atoms with E-state index in [1.807, 2.05) is 19.2 Å². The number of nitrogens with one attached hydrogen (secondary N) is 1. The summed E-state index contributed by atoms with van der Waals surface area (Å²) in [5.41, 5.74) is 0.355. The first-order valence-corrected chi connectivity index (χ1v) is 7.18. The summed E-state index contributed by atoms with van der Waals surface area (Å²) in [4.78, 5) is 30.5. The standard InChI is InChI=1S/C14H13N3O3S/c1-14(2,12-15-5-6-21-12)17-10-7-8(11(18)19)3-4-9(10)16-13(17)20/h3-7H,1-2H3,(H,16,20)(H,18,19). The number of imidazole rings is 1. The number of benzene rings is 1. The van der Waals surface area contributed by atoms with Crippen LogP contribution in [-0.4, -0.2) is 25.6 Å². The minimum atomic E-state index is -1.02. The smallest absolute Gasteiger partial charge is 0.335 e. The molecule has 21 heavy (non-hydrogen) atoms. The van der Waals surface area contributed by atoms with Crippen LogP contribution in [0.3, 0.4) is 0 Å². The summed E-state index contributed by atoms with van der Waals surface area (Å²) in [7, 11) is 0. The predicted molar refractivity (Wildman–Crippen MR) is 80.1 cm³/mol. The normalized spacial score (nSPS) is 11.9. The fourth-order valence-corrected chi connectivity index (χ4v) is 3.16. The zero-order valence-electron chi connectivity index (χ0n) is 11.5. The molecule has 0 unspecified atom stereocenters. The second-order valence-electron chi connectivity index (χ2n) is 5.20. The topological polar surface area (TPSA) is 88.0 Å². The number of carbonyl (C=O) groups is 1. The molecule has 0 atom stereocenters. The number of aromatic carboxylic acids is 1. The van der Waals surface area contributed by atoms with Crippen molar-refractivity contribution in [3.05, 3.63) is 50.8 Å². The van der Waals surface area contributed by atoms with Crippen molar-refractivity contribution in [3.8, 4) is 0 Å². The monoisotopic (exact) mass is 303 g/mol. The van der Waals surface area contributed by atoms with Gasteiger partial charge in [0.2, 0.25) is 0 Å². The number of hydrogen-bond acceptors (Lipinski definition) is 4. The van der Waals surface area contributed by atoms with E-state index in [1.165, 1.54) is 23.5 Å². The number of aromatic nitrogens is 3. The van der Waals surface area contributed by atoms with E-state index in [4.69, 9.17) is 5.11 Å². The second kappa shape index (κ2) is 4.56. The number of fused-ring (bicyclic) bond motifs is 1. The number of aromatic amines is 1. The molecule has 0 spiro atoms. The highest BCUT2D eigenvalue weighted by molar-refractivity contribution is 7.09. The van der Waals surface area contributed by atoms with Gasteiger partial charge in [-0.05, 0) is 32.0 Å². The lowest BCUT2D eigenvalue weighted by molar-refractivity contribution is 0.0697. The Balaban J connectivity index is 2.31. The first-order valence-electron chi connectivity index (χ1n) is 6.30. The summed E-state index contributed by atoms with van der Waals surface area (Å²) in [6.07, 6.45) is 1.68. The van der Waals surface area contributed by atoms with Gasteiger partial charge < -0.3 is 10.1 Å². The van der Waals surface area contributed by atoms with Crippen LogP contribution in [0.25, 0.3) is 11.0 Å². The molecule has 3 aromatic rings. The number of carboxylic acids is 1. The van der Waals surface area contributed by atoms with Gasteiger partial charge >= 0.3 is 11.7 Å². The van der Waals surface area contributed by atoms with Gasteiger partial charge in [0.25, 0.3) is 0 Å². The Labute approximate surface area is 123 Å². The average molecular weight is 303 g/mol. The van der Waals surface area contributed by atoms with Gasteiger partial charge in [0.05, 0.1) is 22.1 Å². The van der Waals surface area contributed by atoms with Crippen LogP contribution in [0, 0.1) is 0 Å². The fraction of sp³-hybridized carbons (Fsp3) is 0.214. The summed E-state index contributed by atoms with van der Waals surface area (Å²) in [6.45, 7) is 3.77. The lowest BCUT2D eigenvalue weighted by atomic mass is 10.1. The van der Waals surface area contributed by atoms with Gasteiger partial charge in [0.15, 0.2) is 0 Å². The van der Waals surface area contributed by atoms with Crippen molar-refractivity contribution >= 4 is 28.3 Å². The Kier molecular flexibility index (Phi) is 2.94. The lowest BCUT2D eigenvalue weighted by Crippen LogP contribution is -2.35. The highest BCUT2D eigenvalue weighted by atomic mass is 32.1. The van der Waals surface area contributed by atoms with Crippen molar-refractivity contribution in [1.82, 2.24) is 14.5 Å². The van der Waals surface area contributed by atoms with Crippen LogP contribution in [0.4, 0.5) is 0 Å². The largest absolute Gasteiger partial charge is 0.478 e. The van der Waals surface area contributed by atoms with Crippen molar-refractivity contribution in [1.29, 1.82) is 0 Å². The zero-order valence-corrected chi connectivity index (χ0v) is 12.3. The molecular weight excluding hydrogens is 290 g/mol. The van der Waals surface area contributed by atoms with Crippen LogP contribution in [0.5, 0.6) is 0 Å². The minimum absolute atomic E-state index is 0.144. The Hall–Kier alpha value is -2.41. The van der Waals surface area contributed by atoms with Crippen molar-refractivity contribution < 1.29 is 9.90 Å². The zero-order chi connectivity index (χ0) is 15.2. The molecule has 1 aromatic carbocycles. The Morgan fingerprint density at radius 2 is 2.19 bits per heavy atom. The maximum Gasteiger partial charge on any atom is 0.335 e. The molecule has 0 saturated heterocycles. The van der Waals surface area contributed by atoms with E-state index >= 15 is 0 Å². The molecule has 0 aliphatic rings. The third-order valence-electron chi connectivity index (χ3n) is 3.44. The number of rotatable bonds is 3. The van der Waals surface area contributed by atoms with Crippen molar-refractivity contribution in [2.45, 2.75) is 19.4 Å². The number of carboxylic acid groups (broad SMARTS) is 1. The van der Waals surface area contributed by atoms with Gasteiger partial charge in [-0.3, -0.25) is 4.57 Å². The molecule has 2 heterocycles. The van der Waals surface area contributed by atoms with E-state index < -0.39 is 11.5 Å².